The van der Waals surface area contributed by atoms with E-state index in [1.807, 2.05) is 0 Å². The van der Waals surface area contributed by atoms with Gasteiger partial charge in [0.1, 0.15) is 6.04 Å². The van der Waals surface area contributed by atoms with Crippen molar-refractivity contribution in [1.29, 1.82) is 0 Å². The number of carbonyl (C=O) groups is 3. The number of nitro benzene ring substituents is 1. The average Bonchev–Trinajstić information content (AvgIpc) is 2.82. The molecule has 13 nitrogen and oxygen atoms in total. The van der Waals surface area contributed by atoms with Crippen LogP contribution in [0.15, 0.2) is 47.4 Å². The molecule has 2 aromatic rings. The van der Waals surface area contributed by atoms with E-state index in [2.05, 4.69) is 10.6 Å². The first-order valence-electron chi connectivity index (χ1n) is 10.6. The van der Waals surface area contributed by atoms with Crippen LogP contribution < -0.4 is 20.5 Å². The Morgan fingerprint density at radius 1 is 1.08 bits per heavy atom. The number of nitrogens with zero attached hydrogens (tertiary/aromatic N) is 1. The molecule has 0 aliphatic carbocycles. The van der Waals surface area contributed by atoms with Crippen molar-refractivity contribution in [1.82, 2.24) is 5.32 Å². The molecule has 2 aromatic carbocycles. The van der Waals surface area contributed by atoms with E-state index in [4.69, 9.17) is 14.6 Å². The van der Waals surface area contributed by atoms with Crippen LogP contribution in [0, 0.1) is 10.1 Å². The Hall–Kier alpha value is -4.04. The summed E-state index contributed by atoms with van der Waals surface area (Å²) in [4.78, 5) is 47.6. The number of rotatable bonds is 12. The Morgan fingerprint density at radius 2 is 1.72 bits per heavy atom. The molecule has 2 amide bonds. The molecular formula is C22H26N4O9S. The lowest BCUT2D eigenvalue weighted by atomic mass is 10.0. The van der Waals surface area contributed by atoms with Gasteiger partial charge in [-0.2, -0.15) is 0 Å². The molecule has 0 saturated heterocycles. The van der Waals surface area contributed by atoms with Crippen LogP contribution in [-0.4, -0.2) is 50.9 Å². The second kappa shape index (κ2) is 12.6. The van der Waals surface area contributed by atoms with Crippen molar-refractivity contribution in [2.45, 2.75) is 37.1 Å². The molecule has 1 unspecified atom stereocenters. The fraction of sp³-hybridized carbons (Fsp3) is 0.318. The maximum Gasteiger partial charge on any atom is 0.328 e. The lowest BCUT2D eigenvalue weighted by molar-refractivity contribution is -0.385. The van der Waals surface area contributed by atoms with Crippen LogP contribution in [0.5, 0.6) is 5.75 Å². The number of para-hydroxylation sites is 1. The maximum atomic E-state index is 12.5. The van der Waals surface area contributed by atoms with Gasteiger partial charge in [0.15, 0.2) is 5.75 Å². The van der Waals surface area contributed by atoms with E-state index in [-0.39, 0.29) is 42.2 Å². The summed E-state index contributed by atoms with van der Waals surface area (Å²) >= 11 is 0. The van der Waals surface area contributed by atoms with Crippen LogP contribution in [0.1, 0.15) is 25.3 Å². The van der Waals surface area contributed by atoms with Gasteiger partial charge in [-0.25, -0.2) is 18.4 Å². The molecule has 0 aliphatic rings. The molecule has 14 heteroatoms. The second-order valence-electron chi connectivity index (χ2n) is 7.42. The molecule has 0 saturated carbocycles. The lowest BCUT2D eigenvalue weighted by Crippen LogP contribution is -2.43. The summed E-state index contributed by atoms with van der Waals surface area (Å²) in [6, 6.07) is 8.18. The van der Waals surface area contributed by atoms with Gasteiger partial charge in [-0.3, -0.25) is 19.7 Å². The number of ether oxygens (including phenoxy) is 2. The zero-order valence-corrected chi connectivity index (χ0v) is 20.4. The normalized spacial score (nSPS) is 11.8. The molecule has 0 aliphatic heterocycles. The first-order chi connectivity index (χ1) is 17.0. The van der Waals surface area contributed by atoms with E-state index in [0.717, 1.165) is 0 Å². The second-order valence-corrected chi connectivity index (χ2v) is 8.98. The van der Waals surface area contributed by atoms with E-state index in [0.29, 0.717) is 11.3 Å². The van der Waals surface area contributed by atoms with Crippen LogP contribution in [0.2, 0.25) is 0 Å². The highest BCUT2D eigenvalue weighted by atomic mass is 32.2. The van der Waals surface area contributed by atoms with Crippen molar-refractivity contribution >= 4 is 39.2 Å². The molecular weight excluding hydrogens is 496 g/mol. The number of esters is 1. The average molecular weight is 523 g/mol. The number of hydrogen-bond acceptors (Lipinski definition) is 9. The molecule has 194 valence electrons. The fourth-order valence-corrected chi connectivity index (χ4v) is 3.73. The predicted octanol–water partition coefficient (Wildman–Crippen LogP) is 1.26. The quantitative estimate of drug-likeness (QED) is 0.209. The molecule has 36 heavy (non-hydrogen) atoms. The zero-order chi connectivity index (χ0) is 26.9. The van der Waals surface area contributed by atoms with Crippen molar-refractivity contribution < 1.29 is 37.2 Å². The van der Waals surface area contributed by atoms with E-state index < -0.39 is 38.8 Å². The Morgan fingerprint density at radius 3 is 2.28 bits per heavy atom. The van der Waals surface area contributed by atoms with Gasteiger partial charge in [-0.15, -0.1) is 0 Å². The van der Waals surface area contributed by atoms with Crippen molar-refractivity contribution in [3.8, 4) is 5.75 Å². The number of nitrogens with two attached hydrogens (primary N) is 1. The molecule has 0 spiro atoms. The summed E-state index contributed by atoms with van der Waals surface area (Å²) in [5.74, 6) is -1.95. The Kier molecular flexibility index (Phi) is 9.87. The van der Waals surface area contributed by atoms with Crippen molar-refractivity contribution in [2.24, 2.45) is 5.14 Å². The van der Waals surface area contributed by atoms with Crippen molar-refractivity contribution in [3.05, 3.63) is 58.1 Å². The molecule has 0 aromatic heterocycles. The Bertz CT molecular complexity index is 1230. The number of anilines is 1. The summed E-state index contributed by atoms with van der Waals surface area (Å²) in [6.07, 6.45) is -0.653. The van der Waals surface area contributed by atoms with Crippen LogP contribution in [0.25, 0.3) is 0 Å². The van der Waals surface area contributed by atoms with Gasteiger partial charge in [0, 0.05) is 36.6 Å². The molecule has 0 fully saturated rings. The van der Waals surface area contributed by atoms with Gasteiger partial charge in [0.2, 0.25) is 21.8 Å². The maximum absolute atomic E-state index is 12.5. The topological polar surface area (TPSA) is 197 Å². The summed E-state index contributed by atoms with van der Waals surface area (Å²) < 4.78 is 32.7. The highest BCUT2D eigenvalue weighted by molar-refractivity contribution is 7.89. The summed E-state index contributed by atoms with van der Waals surface area (Å²) in [5, 5.41) is 21.3. The van der Waals surface area contributed by atoms with Crippen LogP contribution in [0.4, 0.5) is 11.4 Å². The number of carbonyl (C=O) groups excluding carboxylic acids is 3. The van der Waals surface area contributed by atoms with Crippen LogP contribution in [0.3, 0.4) is 0 Å². The number of methoxy groups -OCH3 is 1. The monoisotopic (exact) mass is 522 g/mol. The first kappa shape index (κ1) is 28.2. The zero-order valence-electron chi connectivity index (χ0n) is 19.6. The van der Waals surface area contributed by atoms with Crippen molar-refractivity contribution in [2.75, 3.05) is 19.0 Å². The van der Waals surface area contributed by atoms with Gasteiger partial charge in [0.05, 0.1) is 23.5 Å². The number of benzene rings is 2. The van der Waals surface area contributed by atoms with E-state index in [9.17, 15) is 32.9 Å². The summed E-state index contributed by atoms with van der Waals surface area (Å²) in [7, 11) is -2.62. The SMILES string of the molecule is CCOC(=O)C(Cc1cccc([N+](=O)[O-])c1OC)NC(=O)CCC(=O)Nc1ccc(S(N)(=O)=O)cc1. The van der Waals surface area contributed by atoms with E-state index >= 15 is 0 Å². The summed E-state index contributed by atoms with van der Waals surface area (Å²) in [5.41, 5.74) is 0.318. The first-order valence-corrected chi connectivity index (χ1v) is 12.2. The molecule has 2 rings (SSSR count). The number of primary sulfonamides is 1. The molecule has 0 bridgehead atoms. The number of amides is 2. The molecule has 1 atom stereocenters. The smallest absolute Gasteiger partial charge is 0.328 e. The lowest BCUT2D eigenvalue weighted by Gasteiger charge is -2.18. The summed E-state index contributed by atoms with van der Waals surface area (Å²) in [6.45, 7) is 1.63. The minimum Gasteiger partial charge on any atom is -0.490 e. The minimum atomic E-state index is -3.87. The molecule has 4 N–H and O–H groups in total. The van der Waals surface area contributed by atoms with E-state index in [1.165, 1.54) is 49.6 Å². The predicted molar refractivity (Wildman–Crippen MR) is 128 cm³/mol. The van der Waals surface area contributed by atoms with Crippen LogP contribution in [-0.2, 0) is 35.6 Å². The van der Waals surface area contributed by atoms with Gasteiger partial charge >= 0.3 is 11.7 Å². The largest absolute Gasteiger partial charge is 0.490 e. The molecule has 0 radical (unpaired) electrons. The third-order valence-corrected chi connectivity index (χ3v) is 5.78. The third kappa shape index (κ3) is 8.02. The van der Waals surface area contributed by atoms with Gasteiger partial charge in [-0.05, 0) is 31.2 Å². The van der Waals surface area contributed by atoms with Crippen molar-refractivity contribution in [3.63, 3.8) is 0 Å². The van der Waals surface area contributed by atoms with Gasteiger partial charge in [-0.1, -0.05) is 12.1 Å². The highest BCUT2D eigenvalue weighted by Gasteiger charge is 2.27. The minimum absolute atomic E-state index is 0.0427. The number of sulfonamides is 1. The molecule has 0 heterocycles. The van der Waals surface area contributed by atoms with Gasteiger partial charge in [0.25, 0.3) is 0 Å². The third-order valence-electron chi connectivity index (χ3n) is 4.85. The highest BCUT2D eigenvalue weighted by Crippen LogP contribution is 2.31. The van der Waals surface area contributed by atoms with E-state index in [1.54, 1.807) is 6.92 Å². The fourth-order valence-electron chi connectivity index (χ4n) is 3.21. The standard InChI is InChI=1S/C22H26N4O9S/c1-3-35-22(29)17(13-14-5-4-6-18(26(30)31)21(14)34-2)25-20(28)12-11-19(27)24-15-7-9-16(10-8-15)36(23,32)33/h4-10,17H,3,11-13H2,1-2H3,(H,24,27)(H,25,28)(H2,23,32,33). The van der Waals surface area contributed by atoms with Crippen LogP contribution >= 0.6 is 0 Å². The number of hydrogen-bond donors (Lipinski definition) is 3. The Balaban J connectivity index is 2.04. The number of nitrogens with one attached hydrogen (secondary N) is 2. The van der Waals surface area contributed by atoms with Gasteiger partial charge < -0.3 is 20.1 Å². The Labute approximate surface area is 207 Å². The number of nitro groups is 1.